The van der Waals surface area contributed by atoms with Crippen molar-refractivity contribution in [3.63, 3.8) is 0 Å². The first-order valence-electron chi connectivity index (χ1n) is 16.4. The first kappa shape index (κ1) is 37.0. The van der Waals surface area contributed by atoms with E-state index in [9.17, 15) is 24.0 Å². The molecule has 0 aromatic heterocycles. The lowest BCUT2D eigenvalue weighted by Gasteiger charge is -2.41. The minimum atomic E-state index is -1.49. The fraction of sp³-hybridized carbons (Fsp3) is 0.500. The maximum atomic E-state index is 15.2. The fourth-order valence-corrected chi connectivity index (χ4v) is 6.04. The molecule has 1 saturated heterocycles. The first-order chi connectivity index (χ1) is 23.0. The molecule has 0 radical (unpaired) electrons. The van der Waals surface area contributed by atoms with E-state index in [1.807, 2.05) is 30.3 Å². The second-order valence-electron chi connectivity index (χ2n) is 14.0. The number of nitrogens with one attached hydrogen (secondary N) is 2. The van der Waals surface area contributed by atoms with Crippen molar-refractivity contribution in [2.45, 2.75) is 84.4 Å². The van der Waals surface area contributed by atoms with E-state index in [1.165, 1.54) is 31.0 Å². The molecule has 2 N–H and O–H groups in total. The number of hydrogen-bond donors (Lipinski definition) is 2. The maximum absolute atomic E-state index is 15.2. The lowest BCUT2D eigenvalue weighted by Crippen LogP contribution is -2.62. The predicted octanol–water partition coefficient (Wildman–Crippen LogP) is 4.01. The largest absolute Gasteiger partial charge is 0.462 e. The third-order valence-corrected chi connectivity index (χ3v) is 8.52. The molecule has 264 valence electrons. The molecule has 49 heavy (non-hydrogen) atoms. The molecule has 2 aliphatic rings. The van der Waals surface area contributed by atoms with Crippen molar-refractivity contribution in [3.8, 4) is 0 Å². The number of alkyl carbamates (subject to hydrolysis) is 1. The van der Waals surface area contributed by atoms with Crippen LogP contribution >= 0.6 is 0 Å². The summed E-state index contributed by atoms with van der Waals surface area (Å²) in [5.74, 6) is -2.66. The molecule has 2 aromatic carbocycles. The minimum absolute atomic E-state index is 0.0141. The number of likely N-dealkylation sites (tertiary alicyclic amines) is 1. The van der Waals surface area contributed by atoms with Gasteiger partial charge in [0.1, 0.15) is 28.4 Å². The van der Waals surface area contributed by atoms with Crippen molar-refractivity contribution in [2.75, 3.05) is 26.7 Å². The van der Waals surface area contributed by atoms with Crippen LogP contribution in [0, 0.1) is 11.2 Å². The molecule has 2 aliphatic heterocycles. The topological polar surface area (TPSA) is 147 Å². The Hall–Kier alpha value is -4.81. The zero-order valence-corrected chi connectivity index (χ0v) is 29.2. The number of aryl methyl sites for hydroxylation is 1. The number of hydrogen-bond acceptors (Lipinski definition) is 8. The molecular formula is C36H46FN5O7. The van der Waals surface area contributed by atoms with Crippen LogP contribution < -0.4 is 10.6 Å². The van der Waals surface area contributed by atoms with Gasteiger partial charge in [0.2, 0.25) is 11.8 Å². The number of esters is 1. The molecule has 1 fully saturated rings. The zero-order valence-electron chi connectivity index (χ0n) is 29.2. The SMILES string of the molecule is CCOC(=O)c1ccc(CCC(NC(=O)C(C)(C)NC(=O)OC(C)(C)C)C(=O)N2CCC3=NN(C)C(=O)C3(Cc3ccccc3)C2)c(F)c1. The third kappa shape index (κ3) is 8.81. The van der Waals surface area contributed by atoms with E-state index in [-0.39, 0.29) is 49.6 Å². The highest BCUT2D eigenvalue weighted by atomic mass is 19.1. The highest BCUT2D eigenvalue weighted by molar-refractivity contribution is 6.13. The molecule has 12 nitrogen and oxygen atoms in total. The van der Waals surface area contributed by atoms with E-state index in [0.29, 0.717) is 18.6 Å². The van der Waals surface area contributed by atoms with Gasteiger partial charge in [0, 0.05) is 26.6 Å². The van der Waals surface area contributed by atoms with Crippen molar-refractivity contribution >= 4 is 35.5 Å². The molecule has 2 atom stereocenters. The van der Waals surface area contributed by atoms with Crippen LogP contribution in [0.15, 0.2) is 53.6 Å². The van der Waals surface area contributed by atoms with Crippen LogP contribution in [0.1, 0.15) is 75.9 Å². The van der Waals surface area contributed by atoms with E-state index in [1.54, 1.807) is 39.6 Å². The van der Waals surface area contributed by atoms with E-state index < -0.39 is 52.3 Å². The van der Waals surface area contributed by atoms with Gasteiger partial charge in [0.25, 0.3) is 5.91 Å². The lowest BCUT2D eigenvalue weighted by molar-refractivity contribution is -0.142. The van der Waals surface area contributed by atoms with Gasteiger partial charge in [0.15, 0.2) is 0 Å². The van der Waals surface area contributed by atoms with Crippen LogP contribution in [-0.4, -0.2) is 89.3 Å². The number of hydrazone groups is 1. The van der Waals surface area contributed by atoms with Gasteiger partial charge in [-0.25, -0.2) is 19.0 Å². The fourth-order valence-electron chi connectivity index (χ4n) is 6.04. The summed E-state index contributed by atoms with van der Waals surface area (Å²) in [6.45, 7) is 10.1. The summed E-state index contributed by atoms with van der Waals surface area (Å²) in [6, 6.07) is 12.3. The third-order valence-electron chi connectivity index (χ3n) is 8.52. The Morgan fingerprint density at radius 2 is 1.76 bits per heavy atom. The Morgan fingerprint density at radius 3 is 2.39 bits per heavy atom. The Morgan fingerprint density at radius 1 is 1.06 bits per heavy atom. The molecule has 0 saturated carbocycles. The average Bonchev–Trinajstić information content (AvgIpc) is 3.26. The van der Waals surface area contributed by atoms with E-state index in [4.69, 9.17) is 9.47 Å². The number of carbonyl (C=O) groups excluding carboxylic acids is 5. The highest BCUT2D eigenvalue weighted by Gasteiger charge is 2.54. The van der Waals surface area contributed by atoms with E-state index in [2.05, 4.69) is 15.7 Å². The summed E-state index contributed by atoms with van der Waals surface area (Å²) in [4.78, 5) is 67.9. The van der Waals surface area contributed by atoms with Gasteiger partial charge in [-0.2, -0.15) is 5.10 Å². The smallest absolute Gasteiger partial charge is 0.408 e. The molecular weight excluding hydrogens is 633 g/mol. The molecule has 4 amide bonds. The second-order valence-corrected chi connectivity index (χ2v) is 14.0. The van der Waals surface area contributed by atoms with Gasteiger partial charge in [-0.1, -0.05) is 36.4 Å². The average molecular weight is 680 g/mol. The Labute approximate surface area is 286 Å². The summed E-state index contributed by atoms with van der Waals surface area (Å²) in [6.07, 6.45) is -0.108. The summed E-state index contributed by atoms with van der Waals surface area (Å²) in [5, 5.41) is 11.2. The summed E-state index contributed by atoms with van der Waals surface area (Å²) in [7, 11) is 1.59. The number of fused-ring (bicyclic) bond motifs is 1. The number of nitrogens with zero attached hydrogens (tertiary/aromatic N) is 3. The highest BCUT2D eigenvalue weighted by Crippen LogP contribution is 2.38. The van der Waals surface area contributed by atoms with Crippen molar-refractivity contribution in [2.24, 2.45) is 10.5 Å². The molecule has 4 rings (SSSR count). The Balaban J connectivity index is 1.60. The standard InChI is InChI=1S/C36H46FN5O7/c1-8-48-30(44)25-15-14-24(26(37)20-25)16-17-27(38-31(45)35(5,6)39-33(47)49-34(2,3)4)29(43)42-19-18-28-36(22-42,32(46)41(7)40-28)21-23-12-10-9-11-13-23/h9-15,20,27H,8,16-19,21-22H2,1-7H3,(H,38,45)(H,39,47). The van der Waals surface area contributed by atoms with Crippen molar-refractivity contribution < 1.29 is 37.8 Å². The predicted molar refractivity (Wildman–Crippen MR) is 180 cm³/mol. The van der Waals surface area contributed by atoms with Gasteiger partial charge < -0.3 is 25.0 Å². The Bertz CT molecular complexity index is 1620. The number of amides is 4. The molecule has 2 aromatic rings. The zero-order chi connectivity index (χ0) is 36.1. The number of rotatable bonds is 11. The molecule has 2 heterocycles. The normalized spacial score (nSPS) is 18.3. The van der Waals surface area contributed by atoms with Crippen LogP contribution in [0.5, 0.6) is 0 Å². The van der Waals surface area contributed by atoms with Gasteiger partial charge in [-0.3, -0.25) is 14.4 Å². The van der Waals surface area contributed by atoms with Crippen LogP contribution in [-0.2, 0) is 36.7 Å². The van der Waals surface area contributed by atoms with Gasteiger partial charge in [-0.15, -0.1) is 0 Å². The number of ether oxygens (including phenoxy) is 2. The van der Waals surface area contributed by atoms with Crippen LogP contribution in [0.4, 0.5) is 9.18 Å². The summed E-state index contributed by atoms with van der Waals surface area (Å²) in [5.41, 5.74) is -1.49. The Kier molecular flexibility index (Phi) is 11.1. The van der Waals surface area contributed by atoms with Crippen molar-refractivity contribution in [3.05, 3.63) is 71.0 Å². The number of benzene rings is 2. The van der Waals surface area contributed by atoms with Crippen LogP contribution in [0.3, 0.4) is 0 Å². The van der Waals surface area contributed by atoms with E-state index in [0.717, 1.165) is 11.6 Å². The number of piperidine rings is 1. The van der Waals surface area contributed by atoms with Gasteiger partial charge in [-0.05, 0) is 84.1 Å². The van der Waals surface area contributed by atoms with E-state index >= 15 is 4.39 Å². The summed E-state index contributed by atoms with van der Waals surface area (Å²) < 4.78 is 25.4. The molecule has 13 heteroatoms. The number of halogens is 1. The molecule has 0 aliphatic carbocycles. The second kappa shape index (κ2) is 14.8. The van der Waals surface area contributed by atoms with Gasteiger partial charge >= 0.3 is 12.1 Å². The minimum Gasteiger partial charge on any atom is -0.462 e. The lowest BCUT2D eigenvalue weighted by atomic mass is 9.73. The van der Waals surface area contributed by atoms with Crippen molar-refractivity contribution in [1.29, 1.82) is 0 Å². The van der Waals surface area contributed by atoms with Crippen molar-refractivity contribution in [1.82, 2.24) is 20.5 Å². The molecule has 0 spiro atoms. The quantitative estimate of drug-likeness (QED) is 0.341. The van der Waals surface area contributed by atoms with Gasteiger partial charge in [0.05, 0.1) is 17.9 Å². The number of carbonyl (C=O) groups is 5. The van der Waals surface area contributed by atoms with Crippen LogP contribution in [0.25, 0.3) is 0 Å². The monoisotopic (exact) mass is 679 g/mol. The van der Waals surface area contributed by atoms with Crippen LogP contribution in [0.2, 0.25) is 0 Å². The maximum Gasteiger partial charge on any atom is 0.408 e. The molecule has 2 unspecified atom stereocenters. The first-order valence-corrected chi connectivity index (χ1v) is 16.4. The summed E-state index contributed by atoms with van der Waals surface area (Å²) >= 11 is 0. The molecule has 0 bridgehead atoms.